The Kier molecular flexibility index (Phi) is 4.61. The molecular formula is C20H23N3O3. The summed E-state index contributed by atoms with van der Waals surface area (Å²) >= 11 is 0. The number of aryl methyl sites for hydroxylation is 1. The number of rotatable bonds is 3. The van der Waals surface area contributed by atoms with Gasteiger partial charge >= 0.3 is 0 Å². The molecule has 0 bridgehead atoms. The van der Waals surface area contributed by atoms with Crippen LogP contribution in [-0.4, -0.2) is 47.9 Å². The highest BCUT2D eigenvalue weighted by molar-refractivity contribution is 5.94. The average Bonchev–Trinajstić information content (AvgIpc) is 3.11. The molecule has 2 aliphatic heterocycles. The Balaban J connectivity index is 1.38. The Labute approximate surface area is 153 Å². The van der Waals surface area contributed by atoms with E-state index >= 15 is 0 Å². The highest BCUT2D eigenvalue weighted by Gasteiger charge is 2.40. The third kappa shape index (κ3) is 3.57. The molecule has 1 spiro atoms. The van der Waals surface area contributed by atoms with E-state index in [2.05, 4.69) is 16.4 Å². The van der Waals surface area contributed by atoms with Gasteiger partial charge in [0.25, 0.3) is 5.91 Å². The van der Waals surface area contributed by atoms with Gasteiger partial charge in [0.05, 0.1) is 18.8 Å². The van der Waals surface area contributed by atoms with Crippen LogP contribution >= 0.6 is 0 Å². The van der Waals surface area contributed by atoms with Crippen LogP contribution in [0.4, 0.5) is 11.5 Å². The first-order valence-electron chi connectivity index (χ1n) is 9.01. The smallest absolute Gasteiger partial charge is 0.255 e. The number of anilines is 2. The van der Waals surface area contributed by atoms with E-state index in [1.807, 2.05) is 42.2 Å². The second-order valence-corrected chi connectivity index (χ2v) is 6.83. The van der Waals surface area contributed by atoms with Crippen LogP contribution in [0, 0.1) is 6.92 Å². The Morgan fingerprint density at radius 3 is 2.58 bits per heavy atom. The Morgan fingerprint density at radius 2 is 1.92 bits per heavy atom. The van der Waals surface area contributed by atoms with Gasteiger partial charge in [0.2, 0.25) is 0 Å². The van der Waals surface area contributed by atoms with Gasteiger partial charge in [-0.15, -0.1) is 0 Å². The van der Waals surface area contributed by atoms with Crippen molar-refractivity contribution in [2.24, 2.45) is 0 Å². The van der Waals surface area contributed by atoms with Gasteiger partial charge < -0.3 is 19.7 Å². The molecular weight excluding hydrogens is 330 g/mol. The zero-order valence-electron chi connectivity index (χ0n) is 14.9. The van der Waals surface area contributed by atoms with E-state index in [1.54, 1.807) is 6.20 Å². The summed E-state index contributed by atoms with van der Waals surface area (Å²) in [5, 5.41) is 3.25. The van der Waals surface area contributed by atoms with Crippen molar-refractivity contribution in [3.63, 3.8) is 0 Å². The maximum absolute atomic E-state index is 12.7. The number of nitrogens with one attached hydrogen (secondary N) is 1. The fourth-order valence-electron chi connectivity index (χ4n) is 3.48. The molecule has 26 heavy (non-hydrogen) atoms. The molecule has 2 aromatic rings. The molecule has 1 N–H and O–H groups in total. The van der Waals surface area contributed by atoms with Crippen molar-refractivity contribution in [2.45, 2.75) is 25.6 Å². The Hall–Kier alpha value is -2.44. The van der Waals surface area contributed by atoms with Crippen LogP contribution in [0.15, 0.2) is 42.6 Å². The van der Waals surface area contributed by atoms with Crippen LogP contribution in [0.25, 0.3) is 0 Å². The van der Waals surface area contributed by atoms with Crippen molar-refractivity contribution < 1.29 is 14.3 Å². The fraction of sp³-hybridized carbons (Fsp3) is 0.400. The van der Waals surface area contributed by atoms with Gasteiger partial charge in [0.1, 0.15) is 5.82 Å². The molecule has 2 aliphatic rings. The topological polar surface area (TPSA) is 63.7 Å². The van der Waals surface area contributed by atoms with E-state index in [0.29, 0.717) is 31.9 Å². The molecule has 4 rings (SSSR count). The number of amides is 1. The van der Waals surface area contributed by atoms with Crippen molar-refractivity contribution in [3.8, 4) is 0 Å². The predicted octanol–water partition coefficient (Wildman–Crippen LogP) is 3.11. The average molecular weight is 353 g/mol. The minimum atomic E-state index is -0.462. The molecule has 1 aromatic heterocycles. The molecule has 2 fully saturated rings. The lowest BCUT2D eigenvalue weighted by atomic mass is 10.0. The first-order valence-corrected chi connectivity index (χ1v) is 9.01. The molecule has 1 amide bonds. The highest BCUT2D eigenvalue weighted by Crippen LogP contribution is 2.31. The van der Waals surface area contributed by atoms with Crippen LogP contribution < -0.4 is 5.32 Å². The number of pyridine rings is 1. The number of nitrogens with zero attached hydrogens (tertiary/aromatic N) is 2. The highest BCUT2D eigenvalue weighted by atomic mass is 16.7. The number of carbonyl (C=O) groups excluding carboxylic acids is 1. The third-order valence-corrected chi connectivity index (χ3v) is 4.93. The van der Waals surface area contributed by atoms with Crippen molar-refractivity contribution in [1.29, 1.82) is 0 Å². The number of hydrogen-bond donors (Lipinski definition) is 1. The fourth-order valence-corrected chi connectivity index (χ4v) is 3.48. The molecule has 0 unspecified atom stereocenters. The SMILES string of the molecule is Cc1cccc(Nc2ccc(C(=O)N3CCC4(CC3)OCCO4)cn2)c1. The number of hydrogen-bond acceptors (Lipinski definition) is 5. The summed E-state index contributed by atoms with van der Waals surface area (Å²) in [4.78, 5) is 18.9. The molecule has 0 atom stereocenters. The molecule has 3 heterocycles. The normalized spacial score (nSPS) is 18.9. The van der Waals surface area contributed by atoms with E-state index in [9.17, 15) is 4.79 Å². The van der Waals surface area contributed by atoms with Crippen molar-refractivity contribution >= 4 is 17.4 Å². The molecule has 2 saturated heterocycles. The second-order valence-electron chi connectivity index (χ2n) is 6.83. The molecule has 136 valence electrons. The Morgan fingerprint density at radius 1 is 1.15 bits per heavy atom. The second kappa shape index (κ2) is 7.05. The van der Waals surface area contributed by atoms with E-state index in [-0.39, 0.29) is 5.91 Å². The first kappa shape index (κ1) is 17.0. The number of carbonyl (C=O) groups is 1. The molecule has 0 radical (unpaired) electrons. The van der Waals surface area contributed by atoms with Crippen LogP contribution in [0.3, 0.4) is 0 Å². The zero-order valence-corrected chi connectivity index (χ0v) is 14.9. The van der Waals surface area contributed by atoms with Crippen molar-refractivity contribution in [3.05, 3.63) is 53.7 Å². The van der Waals surface area contributed by atoms with E-state index in [1.165, 1.54) is 5.56 Å². The monoisotopic (exact) mass is 353 g/mol. The van der Waals surface area contributed by atoms with Gasteiger partial charge in [-0.25, -0.2) is 4.98 Å². The number of aromatic nitrogens is 1. The van der Waals surface area contributed by atoms with Gasteiger partial charge in [0.15, 0.2) is 5.79 Å². The van der Waals surface area contributed by atoms with Gasteiger partial charge in [-0.3, -0.25) is 4.79 Å². The van der Waals surface area contributed by atoms with E-state index in [4.69, 9.17) is 9.47 Å². The Bertz CT molecular complexity index is 775. The summed E-state index contributed by atoms with van der Waals surface area (Å²) in [6, 6.07) is 11.7. The van der Waals surface area contributed by atoms with Gasteiger partial charge in [-0.1, -0.05) is 12.1 Å². The quantitative estimate of drug-likeness (QED) is 0.919. The largest absolute Gasteiger partial charge is 0.347 e. The van der Waals surface area contributed by atoms with E-state index < -0.39 is 5.79 Å². The summed E-state index contributed by atoms with van der Waals surface area (Å²) in [6.07, 6.45) is 3.08. The molecule has 0 aliphatic carbocycles. The van der Waals surface area contributed by atoms with Crippen molar-refractivity contribution in [2.75, 3.05) is 31.6 Å². The van der Waals surface area contributed by atoms with Gasteiger partial charge in [-0.2, -0.15) is 0 Å². The zero-order chi connectivity index (χ0) is 18.0. The molecule has 6 heteroatoms. The lowest BCUT2D eigenvalue weighted by Gasteiger charge is -2.37. The summed E-state index contributed by atoms with van der Waals surface area (Å²) in [6.45, 7) is 4.62. The summed E-state index contributed by atoms with van der Waals surface area (Å²) in [7, 11) is 0. The van der Waals surface area contributed by atoms with Gasteiger partial charge in [0, 0.05) is 37.8 Å². The summed E-state index contributed by atoms with van der Waals surface area (Å²) in [5.41, 5.74) is 2.76. The van der Waals surface area contributed by atoms with Crippen LogP contribution in [0.1, 0.15) is 28.8 Å². The number of piperidine rings is 1. The van der Waals surface area contributed by atoms with Crippen molar-refractivity contribution in [1.82, 2.24) is 9.88 Å². The third-order valence-electron chi connectivity index (χ3n) is 4.93. The summed E-state index contributed by atoms with van der Waals surface area (Å²) in [5.74, 6) is 0.265. The van der Waals surface area contributed by atoms with Crippen LogP contribution in [0.5, 0.6) is 0 Å². The first-order chi connectivity index (χ1) is 12.6. The number of benzene rings is 1. The predicted molar refractivity (Wildman–Crippen MR) is 98.5 cm³/mol. The lowest BCUT2D eigenvalue weighted by molar-refractivity contribution is -0.181. The molecule has 6 nitrogen and oxygen atoms in total. The van der Waals surface area contributed by atoms with E-state index in [0.717, 1.165) is 24.3 Å². The maximum atomic E-state index is 12.7. The minimum absolute atomic E-state index is 0.00690. The molecule has 0 saturated carbocycles. The molecule has 1 aromatic carbocycles. The summed E-state index contributed by atoms with van der Waals surface area (Å²) < 4.78 is 11.4. The lowest BCUT2D eigenvalue weighted by Crippen LogP contribution is -2.47. The van der Waals surface area contributed by atoms with Crippen LogP contribution in [-0.2, 0) is 9.47 Å². The number of likely N-dealkylation sites (tertiary alicyclic amines) is 1. The maximum Gasteiger partial charge on any atom is 0.255 e. The van der Waals surface area contributed by atoms with Gasteiger partial charge in [-0.05, 0) is 36.8 Å². The standard InChI is InChI=1S/C20H23N3O3/c1-15-3-2-4-17(13-15)22-18-6-5-16(14-21-18)19(24)23-9-7-20(8-10-23)25-11-12-26-20/h2-6,13-14H,7-12H2,1H3,(H,21,22). The minimum Gasteiger partial charge on any atom is -0.347 e. The number of ether oxygens (including phenoxy) is 2. The van der Waals surface area contributed by atoms with Crippen LogP contribution in [0.2, 0.25) is 0 Å².